The van der Waals surface area contributed by atoms with Gasteiger partial charge in [-0.3, -0.25) is 0 Å². The highest BCUT2D eigenvalue weighted by Crippen LogP contribution is 2.17. The fourth-order valence-electron chi connectivity index (χ4n) is 0.950. The van der Waals surface area contributed by atoms with Gasteiger partial charge < -0.3 is 15.2 Å². The van der Waals surface area contributed by atoms with Crippen LogP contribution in [0.25, 0.3) is 0 Å². The number of carboxylic acids is 1. The van der Waals surface area contributed by atoms with Crippen LogP contribution >= 0.6 is 0 Å². The highest BCUT2D eigenvalue weighted by molar-refractivity contribution is 5.79. The van der Waals surface area contributed by atoms with E-state index in [0.29, 0.717) is 0 Å². The van der Waals surface area contributed by atoms with Crippen LogP contribution in [0.1, 0.15) is 13.8 Å². The van der Waals surface area contributed by atoms with Gasteiger partial charge in [0.25, 0.3) is 0 Å². The van der Waals surface area contributed by atoms with Crippen molar-refractivity contribution in [1.29, 1.82) is 0 Å². The van der Waals surface area contributed by atoms with Gasteiger partial charge in [0, 0.05) is 0 Å². The van der Waals surface area contributed by atoms with Gasteiger partial charge in [-0.25, -0.2) is 4.39 Å². The van der Waals surface area contributed by atoms with Crippen molar-refractivity contribution >= 4 is 11.7 Å². The summed E-state index contributed by atoms with van der Waals surface area (Å²) in [4.78, 5) is 10.6. The molecule has 0 spiro atoms. The Morgan fingerprint density at radius 2 is 2.00 bits per heavy atom. The van der Waals surface area contributed by atoms with E-state index in [4.69, 9.17) is 0 Å². The van der Waals surface area contributed by atoms with E-state index in [9.17, 15) is 14.3 Å². The molecule has 0 amide bonds. The molecule has 0 saturated carbocycles. The maximum Gasteiger partial charge on any atom is 0.146 e. The highest BCUT2D eigenvalue weighted by atomic mass is 19.1. The summed E-state index contributed by atoms with van der Waals surface area (Å²) in [6, 6.07) is 5.89. The molecule has 0 bridgehead atoms. The molecule has 1 rings (SSSR count). The average Bonchev–Trinajstić information content (AvgIpc) is 2.08. The first-order valence-corrected chi connectivity index (χ1v) is 4.17. The molecular formula is C10H11FNO2-. The number of halogens is 1. The molecule has 4 heteroatoms. The molecule has 0 radical (unpaired) electrons. The summed E-state index contributed by atoms with van der Waals surface area (Å²) in [5, 5.41) is 13.2. The van der Waals surface area contributed by atoms with Gasteiger partial charge in [0.2, 0.25) is 0 Å². The third-order valence-corrected chi connectivity index (χ3v) is 1.83. The zero-order chi connectivity index (χ0) is 10.8. The summed E-state index contributed by atoms with van der Waals surface area (Å²) in [6.07, 6.45) is 0. The zero-order valence-corrected chi connectivity index (χ0v) is 8.00. The Bertz CT molecular complexity index is 350. The van der Waals surface area contributed by atoms with Crippen LogP contribution in [0.2, 0.25) is 0 Å². The first-order valence-electron chi connectivity index (χ1n) is 4.17. The second-order valence-corrected chi connectivity index (χ2v) is 3.52. The lowest BCUT2D eigenvalue weighted by atomic mass is 10.1. The standard InChI is InChI=1S/C10H12FNO2/c1-10(2,9(13)14)12-8-6-4-3-5-7(8)11/h3-6,12H,1-2H3,(H,13,14)/p-1. The number of carboxylic acid groups (broad SMARTS) is 1. The maximum atomic E-state index is 13.1. The number of carbonyl (C=O) groups is 1. The summed E-state index contributed by atoms with van der Waals surface area (Å²) in [5.74, 6) is -1.76. The molecule has 0 atom stereocenters. The van der Waals surface area contributed by atoms with Crippen LogP contribution in [-0.2, 0) is 4.79 Å². The molecule has 0 saturated heterocycles. The summed E-state index contributed by atoms with van der Waals surface area (Å²) >= 11 is 0. The first kappa shape index (κ1) is 10.5. The van der Waals surface area contributed by atoms with Crippen molar-refractivity contribution in [1.82, 2.24) is 0 Å². The second-order valence-electron chi connectivity index (χ2n) is 3.52. The largest absolute Gasteiger partial charge is 0.548 e. The smallest absolute Gasteiger partial charge is 0.146 e. The number of rotatable bonds is 3. The van der Waals surface area contributed by atoms with Crippen LogP contribution in [0.15, 0.2) is 24.3 Å². The summed E-state index contributed by atoms with van der Waals surface area (Å²) < 4.78 is 13.1. The van der Waals surface area contributed by atoms with E-state index in [1.54, 1.807) is 6.07 Å². The fourth-order valence-corrected chi connectivity index (χ4v) is 0.950. The number of nitrogens with one attached hydrogen (secondary N) is 1. The molecule has 0 heterocycles. The molecule has 0 aliphatic rings. The number of carbonyl (C=O) groups excluding carboxylic acids is 1. The van der Waals surface area contributed by atoms with Gasteiger partial charge in [-0.2, -0.15) is 0 Å². The van der Waals surface area contributed by atoms with Crippen LogP contribution in [0.5, 0.6) is 0 Å². The second kappa shape index (κ2) is 3.65. The van der Waals surface area contributed by atoms with Gasteiger partial charge in [-0.05, 0) is 26.0 Å². The van der Waals surface area contributed by atoms with Crippen LogP contribution in [0.3, 0.4) is 0 Å². The van der Waals surface area contributed by atoms with E-state index in [0.717, 1.165) is 0 Å². The maximum absolute atomic E-state index is 13.1. The molecule has 1 aromatic carbocycles. The molecule has 0 unspecified atom stereocenters. The average molecular weight is 196 g/mol. The number of para-hydroxylation sites is 1. The Morgan fingerprint density at radius 3 is 2.50 bits per heavy atom. The van der Waals surface area contributed by atoms with E-state index >= 15 is 0 Å². The van der Waals surface area contributed by atoms with Gasteiger partial charge in [-0.1, -0.05) is 12.1 Å². The van der Waals surface area contributed by atoms with Gasteiger partial charge >= 0.3 is 0 Å². The Kier molecular flexibility index (Phi) is 2.74. The van der Waals surface area contributed by atoms with E-state index in [2.05, 4.69) is 5.32 Å². The summed E-state index contributed by atoms with van der Waals surface area (Å²) in [6.45, 7) is 2.82. The predicted octanol–water partition coefficient (Wildman–Crippen LogP) is 0.766. The number of benzene rings is 1. The number of hydrogen-bond acceptors (Lipinski definition) is 3. The molecule has 3 nitrogen and oxygen atoms in total. The SMILES string of the molecule is CC(C)(Nc1ccccc1F)C(=O)[O-]. The van der Waals surface area contributed by atoms with Gasteiger partial charge in [0.15, 0.2) is 0 Å². The fraction of sp³-hybridized carbons (Fsp3) is 0.300. The lowest BCUT2D eigenvalue weighted by molar-refractivity contribution is -0.310. The van der Waals surface area contributed by atoms with Gasteiger partial charge in [0.1, 0.15) is 5.82 Å². The van der Waals surface area contributed by atoms with Crippen molar-refractivity contribution in [3.05, 3.63) is 30.1 Å². The minimum absolute atomic E-state index is 0.154. The Balaban J connectivity index is 2.89. The molecular weight excluding hydrogens is 185 g/mol. The normalized spacial score (nSPS) is 11.1. The molecule has 0 aliphatic heterocycles. The Labute approximate surface area is 81.6 Å². The van der Waals surface area contributed by atoms with E-state index in [1.807, 2.05) is 0 Å². The summed E-state index contributed by atoms with van der Waals surface area (Å²) in [7, 11) is 0. The summed E-state index contributed by atoms with van der Waals surface area (Å²) in [5.41, 5.74) is -1.14. The molecule has 1 N–H and O–H groups in total. The highest BCUT2D eigenvalue weighted by Gasteiger charge is 2.19. The van der Waals surface area contributed by atoms with Crippen molar-refractivity contribution in [3.8, 4) is 0 Å². The molecule has 0 aliphatic carbocycles. The van der Waals surface area contributed by atoms with E-state index < -0.39 is 17.3 Å². The van der Waals surface area contributed by atoms with Crippen molar-refractivity contribution in [2.75, 3.05) is 5.32 Å². The van der Waals surface area contributed by atoms with Gasteiger partial charge in [-0.15, -0.1) is 0 Å². The van der Waals surface area contributed by atoms with Crippen molar-refractivity contribution in [2.45, 2.75) is 19.4 Å². The lowest BCUT2D eigenvalue weighted by Gasteiger charge is -2.28. The van der Waals surface area contributed by atoms with Crippen LogP contribution < -0.4 is 10.4 Å². The molecule has 0 fully saturated rings. The Hall–Kier alpha value is -1.58. The molecule has 14 heavy (non-hydrogen) atoms. The third kappa shape index (κ3) is 2.22. The van der Waals surface area contributed by atoms with E-state index in [1.165, 1.54) is 32.0 Å². The molecule has 1 aromatic rings. The predicted molar refractivity (Wildman–Crippen MR) is 49.1 cm³/mol. The van der Waals surface area contributed by atoms with Crippen LogP contribution in [0.4, 0.5) is 10.1 Å². The number of anilines is 1. The minimum Gasteiger partial charge on any atom is -0.548 e. The topological polar surface area (TPSA) is 52.2 Å². The third-order valence-electron chi connectivity index (χ3n) is 1.83. The number of hydrogen-bond donors (Lipinski definition) is 1. The van der Waals surface area contributed by atoms with Crippen molar-refractivity contribution in [3.63, 3.8) is 0 Å². The Morgan fingerprint density at radius 1 is 1.43 bits per heavy atom. The van der Waals surface area contributed by atoms with Crippen molar-refractivity contribution < 1.29 is 14.3 Å². The quantitative estimate of drug-likeness (QED) is 0.776. The van der Waals surface area contributed by atoms with Crippen LogP contribution in [-0.4, -0.2) is 11.5 Å². The van der Waals surface area contributed by atoms with Crippen molar-refractivity contribution in [2.24, 2.45) is 0 Å². The zero-order valence-electron chi connectivity index (χ0n) is 8.00. The minimum atomic E-state index is -1.29. The lowest BCUT2D eigenvalue weighted by Crippen LogP contribution is -2.49. The van der Waals surface area contributed by atoms with Crippen LogP contribution in [0, 0.1) is 5.82 Å². The van der Waals surface area contributed by atoms with Gasteiger partial charge in [0.05, 0.1) is 17.2 Å². The molecule has 0 aromatic heterocycles. The number of aliphatic carboxylic acids is 1. The first-order chi connectivity index (χ1) is 6.43. The monoisotopic (exact) mass is 196 g/mol. The molecule has 76 valence electrons. The van der Waals surface area contributed by atoms with E-state index in [-0.39, 0.29) is 5.69 Å².